The highest BCUT2D eigenvalue weighted by molar-refractivity contribution is 5.95. The summed E-state index contributed by atoms with van der Waals surface area (Å²) < 4.78 is 14.9. The van der Waals surface area contributed by atoms with Crippen LogP contribution in [0.4, 0.5) is 10.1 Å². The average molecular weight is 360 g/mol. The minimum Gasteiger partial charge on any atom is -0.384 e. The van der Waals surface area contributed by atoms with Gasteiger partial charge in [-0.2, -0.15) is 5.10 Å². The van der Waals surface area contributed by atoms with Crippen LogP contribution in [0.3, 0.4) is 0 Å². The number of benzene rings is 1. The standard InChI is InChI=1S/C19H25FN4O2/c1-12-17(13(2)23(4)22-12)21-18(25)14(3)24-10-9-19(26,11-24)15-5-7-16(20)8-6-15/h5-8,14,26H,9-11H2,1-4H3,(H,21,25). The number of amides is 1. The molecule has 1 amide bonds. The first-order chi connectivity index (χ1) is 12.2. The van der Waals surface area contributed by atoms with E-state index in [2.05, 4.69) is 10.4 Å². The molecule has 2 aromatic rings. The number of rotatable bonds is 4. The van der Waals surface area contributed by atoms with Gasteiger partial charge in [0.15, 0.2) is 0 Å². The second kappa shape index (κ2) is 6.81. The van der Waals surface area contributed by atoms with Crippen molar-refractivity contribution in [1.29, 1.82) is 0 Å². The number of hydrogen-bond acceptors (Lipinski definition) is 4. The molecule has 2 N–H and O–H groups in total. The monoisotopic (exact) mass is 360 g/mol. The molecular formula is C19H25FN4O2. The lowest BCUT2D eigenvalue weighted by molar-refractivity contribution is -0.120. The Labute approximate surface area is 152 Å². The summed E-state index contributed by atoms with van der Waals surface area (Å²) >= 11 is 0. The number of nitrogens with one attached hydrogen (secondary N) is 1. The van der Waals surface area contributed by atoms with E-state index in [1.807, 2.05) is 32.7 Å². The average Bonchev–Trinajstić information content (AvgIpc) is 3.11. The molecule has 1 aromatic heterocycles. The van der Waals surface area contributed by atoms with Crippen molar-refractivity contribution in [1.82, 2.24) is 14.7 Å². The van der Waals surface area contributed by atoms with Crippen LogP contribution in [0, 0.1) is 19.7 Å². The topological polar surface area (TPSA) is 70.4 Å². The van der Waals surface area contributed by atoms with Crippen LogP contribution in [0.15, 0.2) is 24.3 Å². The summed E-state index contributed by atoms with van der Waals surface area (Å²) in [7, 11) is 1.84. The third-order valence-electron chi connectivity index (χ3n) is 5.34. The number of aromatic nitrogens is 2. The fourth-order valence-electron chi connectivity index (χ4n) is 3.50. The van der Waals surface area contributed by atoms with Gasteiger partial charge in [0.05, 0.1) is 23.1 Å². The van der Waals surface area contributed by atoms with Crippen molar-refractivity contribution in [3.8, 4) is 0 Å². The Morgan fingerprint density at radius 3 is 2.58 bits per heavy atom. The molecule has 140 valence electrons. The summed E-state index contributed by atoms with van der Waals surface area (Å²) in [5.74, 6) is -0.463. The smallest absolute Gasteiger partial charge is 0.241 e. The van der Waals surface area contributed by atoms with E-state index in [0.717, 1.165) is 17.1 Å². The summed E-state index contributed by atoms with van der Waals surface area (Å²) in [6, 6.07) is 5.50. The van der Waals surface area contributed by atoms with E-state index in [9.17, 15) is 14.3 Å². The van der Waals surface area contributed by atoms with E-state index in [-0.39, 0.29) is 11.7 Å². The molecule has 1 aromatic carbocycles. The molecule has 1 aliphatic heterocycles. The lowest BCUT2D eigenvalue weighted by Crippen LogP contribution is -2.42. The third kappa shape index (κ3) is 3.37. The predicted octanol–water partition coefficient (Wildman–Crippen LogP) is 2.10. The van der Waals surface area contributed by atoms with E-state index in [1.54, 1.807) is 16.8 Å². The summed E-state index contributed by atoms with van der Waals surface area (Å²) in [6.45, 7) is 6.51. The maximum atomic E-state index is 13.1. The van der Waals surface area contributed by atoms with E-state index in [1.165, 1.54) is 12.1 Å². The number of carbonyl (C=O) groups is 1. The van der Waals surface area contributed by atoms with Gasteiger partial charge in [0.2, 0.25) is 5.91 Å². The van der Waals surface area contributed by atoms with Crippen molar-refractivity contribution in [3.63, 3.8) is 0 Å². The van der Waals surface area contributed by atoms with Gasteiger partial charge in [0, 0.05) is 20.1 Å². The minimum absolute atomic E-state index is 0.132. The zero-order valence-corrected chi connectivity index (χ0v) is 15.6. The van der Waals surface area contributed by atoms with Crippen LogP contribution in [0.25, 0.3) is 0 Å². The molecule has 2 heterocycles. The Kier molecular flexibility index (Phi) is 4.86. The first-order valence-corrected chi connectivity index (χ1v) is 8.75. The SMILES string of the molecule is Cc1nn(C)c(C)c1NC(=O)C(C)N1CCC(O)(c2ccc(F)cc2)C1. The van der Waals surface area contributed by atoms with E-state index >= 15 is 0 Å². The maximum Gasteiger partial charge on any atom is 0.241 e. The molecule has 0 aliphatic carbocycles. The van der Waals surface area contributed by atoms with E-state index in [4.69, 9.17) is 0 Å². The number of likely N-dealkylation sites (tertiary alicyclic amines) is 1. The van der Waals surface area contributed by atoms with Gasteiger partial charge in [0.25, 0.3) is 0 Å². The second-order valence-electron chi connectivity index (χ2n) is 7.09. The van der Waals surface area contributed by atoms with Crippen LogP contribution in [-0.4, -0.2) is 44.8 Å². The van der Waals surface area contributed by atoms with Crippen molar-refractivity contribution in [2.45, 2.75) is 38.8 Å². The van der Waals surface area contributed by atoms with Gasteiger partial charge in [-0.25, -0.2) is 4.39 Å². The summed E-state index contributed by atoms with van der Waals surface area (Å²) in [6.07, 6.45) is 0.501. The van der Waals surface area contributed by atoms with Gasteiger partial charge in [-0.05, 0) is 44.9 Å². The van der Waals surface area contributed by atoms with Crippen LogP contribution in [-0.2, 0) is 17.4 Å². The van der Waals surface area contributed by atoms with Crippen molar-refractivity contribution >= 4 is 11.6 Å². The number of anilines is 1. The molecular weight excluding hydrogens is 335 g/mol. The molecule has 1 fully saturated rings. The third-order valence-corrected chi connectivity index (χ3v) is 5.34. The van der Waals surface area contributed by atoms with Crippen molar-refractivity contribution in [2.24, 2.45) is 7.05 Å². The molecule has 7 heteroatoms. The zero-order valence-electron chi connectivity index (χ0n) is 15.6. The number of halogens is 1. The summed E-state index contributed by atoms with van der Waals surface area (Å²) in [4.78, 5) is 14.6. The fourth-order valence-corrected chi connectivity index (χ4v) is 3.50. The quantitative estimate of drug-likeness (QED) is 0.876. The van der Waals surface area contributed by atoms with Crippen molar-refractivity contribution in [3.05, 3.63) is 47.0 Å². The van der Waals surface area contributed by atoms with Crippen LogP contribution in [0.5, 0.6) is 0 Å². The maximum absolute atomic E-state index is 13.1. The Bertz CT molecular complexity index is 818. The zero-order chi connectivity index (χ0) is 19.1. The van der Waals surface area contributed by atoms with Crippen LogP contribution >= 0.6 is 0 Å². The Hall–Kier alpha value is -2.25. The number of carbonyl (C=O) groups excluding carboxylic acids is 1. The van der Waals surface area contributed by atoms with Gasteiger partial charge < -0.3 is 10.4 Å². The van der Waals surface area contributed by atoms with Crippen molar-refractivity contribution < 1.29 is 14.3 Å². The van der Waals surface area contributed by atoms with Crippen LogP contribution in [0.1, 0.15) is 30.3 Å². The molecule has 6 nitrogen and oxygen atoms in total. The van der Waals surface area contributed by atoms with Crippen LogP contribution < -0.4 is 5.32 Å². The van der Waals surface area contributed by atoms with Crippen molar-refractivity contribution in [2.75, 3.05) is 18.4 Å². The fraction of sp³-hybridized carbons (Fsp3) is 0.474. The molecule has 1 aliphatic rings. The highest BCUT2D eigenvalue weighted by Gasteiger charge is 2.40. The molecule has 0 spiro atoms. The van der Waals surface area contributed by atoms with E-state index < -0.39 is 11.6 Å². The lowest BCUT2D eigenvalue weighted by atomic mass is 9.93. The molecule has 0 bridgehead atoms. The number of aryl methyl sites for hydroxylation is 2. The highest BCUT2D eigenvalue weighted by atomic mass is 19.1. The Morgan fingerprint density at radius 2 is 2.00 bits per heavy atom. The van der Waals surface area contributed by atoms with Gasteiger partial charge in [-0.3, -0.25) is 14.4 Å². The molecule has 2 atom stereocenters. The number of nitrogens with zero attached hydrogens (tertiary/aromatic N) is 3. The molecule has 3 rings (SSSR count). The molecule has 0 radical (unpaired) electrons. The number of hydrogen-bond donors (Lipinski definition) is 2. The van der Waals surface area contributed by atoms with Gasteiger partial charge >= 0.3 is 0 Å². The van der Waals surface area contributed by atoms with E-state index in [0.29, 0.717) is 25.1 Å². The molecule has 0 saturated carbocycles. The first kappa shape index (κ1) is 18.5. The largest absolute Gasteiger partial charge is 0.384 e. The molecule has 26 heavy (non-hydrogen) atoms. The number of aliphatic hydroxyl groups is 1. The predicted molar refractivity (Wildman–Crippen MR) is 97.3 cm³/mol. The summed E-state index contributed by atoms with van der Waals surface area (Å²) in [5.41, 5.74) is 2.01. The first-order valence-electron chi connectivity index (χ1n) is 8.75. The minimum atomic E-state index is -1.07. The number of β-amino-alcohol motifs (C(OH)–C–C–N with tert-alkyl or cyclic N) is 1. The van der Waals surface area contributed by atoms with Gasteiger partial charge in [-0.15, -0.1) is 0 Å². The lowest BCUT2D eigenvalue weighted by Gasteiger charge is -2.27. The van der Waals surface area contributed by atoms with Gasteiger partial charge in [0.1, 0.15) is 11.4 Å². The highest BCUT2D eigenvalue weighted by Crippen LogP contribution is 2.33. The Balaban J connectivity index is 1.69. The second-order valence-corrected chi connectivity index (χ2v) is 7.09. The molecule has 1 saturated heterocycles. The molecule has 2 unspecified atom stereocenters. The van der Waals surface area contributed by atoms with Crippen LogP contribution in [0.2, 0.25) is 0 Å². The Morgan fingerprint density at radius 1 is 1.35 bits per heavy atom. The van der Waals surface area contributed by atoms with Gasteiger partial charge in [-0.1, -0.05) is 12.1 Å². The summed E-state index contributed by atoms with van der Waals surface area (Å²) in [5, 5.41) is 18.2. The normalized spacial score (nSPS) is 21.8.